The lowest BCUT2D eigenvalue weighted by Gasteiger charge is -2.39. The van der Waals surface area contributed by atoms with Crippen LogP contribution in [0.5, 0.6) is 0 Å². The van der Waals surface area contributed by atoms with Crippen LogP contribution < -0.4 is 0 Å². The first kappa shape index (κ1) is 30.8. The van der Waals surface area contributed by atoms with Gasteiger partial charge in [0, 0.05) is 26.3 Å². The first-order chi connectivity index (χ1) is 27.3. The Morgan fingerprint density at radius 3 is 1.84 bits per heavy atom. The monoisotopic (exact) mass is 715 g/mol. The average molecular weight is 716 g/mol. The molecule has 0 fully saturated rings. The lowest BCUT2D eigenvalue weighted by Crippen LogP contribution is -2.32. The lowest BCUT2D eigenvalue weighted by molar-refractivity contribution is 0.723. The fourth-order valence-electron chi connectivity index (χ4n) is 9.73. The topological polar surface area (TPSA) is 4.93 Å². The van der Waals surface area contributed by atoms with Gasteiger partial charge in [0.05, 0.1) is 16.4 Å². The number of fused-ring (bicyclic) bond motifs is 14. The maximum Gasteiger partial charge on any atom is 0.0735 e. The lowest BCUT2D eigenvalue weighted by atomic mass is 9.67. The predicted molar refractivity (Wildman–Crippen MR) is 231 cm³/mol. The van der Waals surface area contributed by atoms with E-state index in [4.69, 9.17) is 0 Å². The molecule has 2 aliphatic rings. The van der Waals surface area contributed by atoms with Crippen molar-refractivity contribution in [1.29, 1.82) is 0 Å². The molecule has 0 bridgehead atoms. The highest BCUT2D eigenvalue weighted by molar-refractivity contribution is 7.99. The van der Waals surface area contributed by atoms with Gasteiger partial charge in [-0.25, -0.2) is 0 Å². The molecular weight excluding hydrogens is 683 g/mol. The summed E-state index contributed by atoms with van der Waals surface area (Å²) >= 11 is 1.90. The van der Waals surface area contributed by atoms with Gasteiger partial charge in [0.2, 0.25) is 0 Å². The van der Waals surface area contributed by atoms with Crippen LogP contribution >= 0.6 is 11.8 Å². The Morgan fingerprint density at radius 2 is 1.00 bits per heavy atom. The number of hydrogen-bond donors (Lipinski definition) is 0. The van der Waals surface area contributed by atoms with Crippen molar-refractivity contribution in [2.75, 3.05) is 0 Å². The van der Waals surface area contributed by atoms with Crippen LogP contribution in [0.1, 0.15) is 22.3 Å². The molecule has 1 aliphatic heterocycles. The quantitative estimate of drug-likeness (QED) is 0.176. The second-order valence-corrected chi connectivity index (χ2v) is 15.9. The van der Waals surface area contributed by atoms with E-state index in [9.17, 15) is 0 Å². The summed E-state index contributed by atoms with van der Waals surface area (Å²) in [6.07, 6.45) is 0. The van der Waals surface area contributed by atoms with E-state index < -0.39 is 5.41 Å². The highest BCUT2D eigenvalue weighted by atomic mass is 32.2. The Morgan fingerprint density at radius 1 is 0.364 bits per heavy atom. The molecule has 1 spiro atoms. The van der Waals surface area contributed by atoms with Gasteiger partial charge in [-0.1, -0.05) is 163 Å². The molecular formula is C53H33NS. The second-order valence-electron chi connectivity index (χ2n) is 14.8. The number of benzene rings is 9. The van der Waals surface area contributed by atoms with Crippen LogP contribution in [0, 0.1) is 0 Å². The van der Waals surface area contributed by atoms with Crippen LogP contribution in [0.15, 0.2) is 210 Å². The van der Waals surface area contributed by atoms with Crippen LogP contribution in [-0.2, 0) is 5.41 Å². The smallest absolute Gasteiger partial charge is 0.0735 e. The molecule has 0 N–H and O–H groups in total. The number of para-hydroxylation sites is 1. The van der Waals surface area contributed by atoms with Crippen LogP contribution in [0.3, 0.4) is 0 Å². The molecule has 0 saturated heterocycles. The summed E-state index contributed by atoms with van der Waals surface area (Å²) in [7, 11) is 0. The minimum atomic E-state index is -0.437. The number of hydrogen-bond acceptors (Lipinski definition) is 1. The van der Waals surface area contributed by atoms with E-state index >= 15 is 0 Å². The van der Waals surface area contributed by atoms with Crippen molar-refractivity contribution >= 4 is 44.3 Å². The standard InChI is InChI=1S/C53H33NS/c1-2-13-34(14-3-1)36-16-12-17-39(31-36)54-48-22-9-6-19-41(48)43-32-37(27-30-49(43)54)38-25-28-42-47(33-38)53(46-29-26-35-15-4-5-18-40(35)52(42)46)44-20-7-10-23-50(44)55-51-24-11-8-21-45(51)53/h1-33H. The number of aromatic nitrogens is 1. The summed E-state index contributed by atoms with van der Waals surface area (Å²) in [6.45, 7) is 0. The highest BCUT2D eigenvalue weighted by Crippen LogP contribution is 2.63. The number of nitrogens with zero attached hydrogens (tertiary/aromatic N) is 1. The first-order valence-electron chi connectivity index (χ1n) is 19.0. The highest BCUT2D eigenvalue weighted by Gasteiger charge is 2.50. The van der Waals surface area contributed by atoms with Crippen molar-refractivity contribution in [1.82, 2.24) is 4.57 Å². The predicted octanol–water partition coefficient (Wildman–Crippen LogP) is 14.1. The number of rotatable bonds is 3. The van der Waals surface area contributed by atoms with Crippen molar-refractivity contribution in [3.8, 4) is 39.1 Å². The van der Waals surface area contributed by atoms with Gasteiger partial charge in [-0.05, 0) is 115 Å². The van der Waals surface area contributed by atoms with E-state index in [1.165, 1.54) is 98.0 Å². The zero-order valence-corrected chi connectivity index (χ0v) is 30.7. The summed E-state index contributed by atoms with van der Waals surface area (Å²) in [5.41, 5.74) is 16.2. The van der Waals surface area contributed by atoms with Gasteiger partial charge in [0.15, 0.2) is 0 Å². The van der Waals surface area contributed by atoms with Gasteiger partial charge >= 0.3 is 0 Å². The molecule has 0 unspecified atom stereocenters. The average Bonchev–Trinajstić information content (AvgIpc) is 3.74. The molecule has 0 atom stereocenters. The van der Waals surface area contributed by atoms with Crippen molar-refractivity contribution in [3.63, 3.8) is 0 Å². The maximum atomic E-state index is 2.51. The Balaban J connectivity index is 1.10. The molecule has 9 aromatic carbocycles. The normalized spacial score (nSPS) is 13.5. The molecule has 0 radical (unpaired) electrons. The van der Waals surface area contributed by atoms with Crippen molar-refractivity contribution in [2.24, 2.45) is 0 Å². The van der Waals surface area contributed by atoms with Gasteiger partial charge in [-0.15, -0.1) is 0 Å². The zero-order valence-electron chi connectivity index (χ0n) is 29.9. The van der Waals surface area contributed by atoms with E-state index in [1.54, 1.807) is 0 Å². The van der Waals surface area contributed by atoms with Crippen molar-refractivity contribution in [3.05, 3.63) is 222 Å². The molecule has 2 heteroatoms. The van der Waals surface area contributed by atoms with Crippen LogP contribution in [-0.4, -0.2) is 4.57 Å². The Kier molecular flexibility index (Phi) is 6.55. The largest absolute Gasteiger partial charge is 0.309 e. The van der Waals surface area contributed by atoms with Crippen LogP contribution in [0.4, 0.5) is 0 Å². The van der Waals surface area contributed by atoms with Gasteiger partial charge in [0.25, 0.3) is 0 Å². The van der Waals surface area contributed by atoms with E-state index in [1.807, 2.05) is 11.8 Å². The summed E-state index contributed by atoms with van der Waals surface area (Å²) in [5, 5.41) is 5.10. The SMILES string of the molecule is c1ccc(-c2cccc(-n3c4ccccc4c4cc(-c5ccc6c(c5)C5(c7ccccc7Sc7ccccc75)c5ccc7ccccc7c5-6)ccc43)c2)cc1. The molecule has 0 saturated carbocycles. The Labute approximate surface area is 324 Å². The van der Waals surface area contributed by atoms with E-state index in [2.05, 4.69) is 205 Å². The maximum absolute atomic E-state index is 2.51. The minimum Gasteiger partial charge on any atom is -0.309 e. The van der Waals surface area contributed by atoms with Crippen molar-refractivity contribution < 1.29 is 0 Å². The Bertz CT molecular complexity index is 3140. The fraction of sp³-hybridized carbons (Fsp3) is 0.0189. The van der Waals surface area contributed by atoms with Gasteiger partial charge < -0.3 is 4.57 Å². The summed E-state index contributed by atoms with van der Waals surface area (Å²) in [4.78, 5) is 2.65. The molecule has 0 amide bonds. The van der Waals surface area contributed by atoms with E-state index in [0.717, 1.165) is 5.69 Å². The zero-order chi connectivity index (χ0) is 36.1. The van der Waals surface area contributed by atoms with Crippen molar-refractivity contribution in [2.45, 2.75) is 15.2 Å². The molecule has 1 aliphatic carbocycles. The third-order valence-electron chi connectivity index (χ3n) is 12.0. The summed E-state index contributed by atoms with van der Waals surface area (Å²) in [6, 6.07) is 74.5. The van der Waals surface area contributed by atoms with Crippen LogP contribution in [0.25, 0.3) is 71.6 Å². The minimum absolute atomic E-state index is 0.437. The van der Waals surface area contributed by atoms with Gasteiger partial charge in [0.1, 0.15) is 0 Å². The Hall–Kier alpha value is -6.61. The van der Waals surface area contributed by atoms with Crippen LogP contribution in [0.2, 0.25) is 0 Å². The van der Waals surface area contributed by atoms with Gasteiger partial charge in [-0.3, -0.25) is 0 Å². The van der Waals surface area contributed by atoms with E-state index in [-0.39, 0.29) is 0 Å². The molecule has 2 heterocycles. The third-order valence-corrected chi connectivity index (χ3v) is 13.2. The molecule has 12 rings (SSSR count). The molecule has 256 valence electrons. The third kappa shape index (κ3) is 4.32. The first-order valence-corrected chi connectivity index (χ1v) is 19.8. The van der Waals surface area contributed by atoms with Gasteiger partial charge in [-0.2, -0.15) is 0 Å². The molecule has 1 nitrogen and oxygen atoms in total. The summed E-state index contributed by atoms with van der Waals surface area (Å²) in [5.74, 6) is 0. The molecule has 55 heavy (non-hydrogen) atoms. The fourth-order valence-corrected chi connectivity index (χ4v) is 10.9. The summed E-state index contributed by atoms with van der Waals surface area (Å²) < 4.78 is 2.42. The van der Waals surface area contributed by atoms with E-state index in [0.29, 0.717) is 0 Å². The molecule has 10 aromatic rings. The molecule has 1 aromatic heterocycles. The second kappa shape index (κ2) is 11.7.